The van der Waals surface area contributed by atoms with Crippen molar-refractivity contribution >= 4 is 29.0 Å². The number of nitrogens with zero attached hydrogens (tertiary/aromatic N) is 1. The highest BCUT2D eigenvalue weighted by Crippen LogP contribution is 2.59. The van der Waals surface area contributed by atoms with E-state index in [-0.39, 0.29) is 35.3 Å². The normalized spacial score (nSPS) is 23.6. The Hall–Kier alpha value is -4.25. The first-order valence-electron chi connectivity index (χ1n) is 12.7. The molecule has 0 unspecified atom stereocenters. The Morgan fingerprint density at radius 1 is 0.730 bits per heavy atom. The predicted molar refractivity (Wildman–Crippen MR) is 141 cm³/mol. The number of ether oxygens (including phenoxy) is 1. The van der Waals surface area contributed by atoms with Crippen LogP contribution in [-0.4, -0.2) is 23.9 Å². The third-order valence-corrected chi connectivity index (χ3v) is 7.54. The van der Waals surface area contributed by atoms with Crippen LogP contribution in [0.1, 0.15) is 35.3 Å². The first kappa shape index (κ1) is 23.2. The third kappa shape index (κ3) is 3.65. The van der Waals surface area contributed by atoms with Crippen LogP contribution in [0.25, 0.3) is 5.57 Å². The van der Waals surface area contributed by atoms with Crippen LogP contribution in [0.15, 0.2) is 103 Å². The van der Waals surface area contributed by atoms with Gasteiger partial charge in [0.15, 0.2) is 0 Å². The van der Waals surface area contributed by atoms with Crippen LogP contribution in [-0.2, 0) is 14.3 Å². The van der Waals surface area contributed by atoms with Gasteiger partial charge in [0.25, 0.3) is 0 Å². The molecular formula is C32H27NO4. The molecule has 0 spiro atoms. The second kappa shape index (κ2) is 9.00. The maximum Gasteiger partial charge on any atom is 0.340 e. The van der Waals surface area contributed by atoms with Crippen LogP contribution >= 0.6 is 0 Å². The van der Waals surface area contributed by atoms with Gasteiger partial charge in [0.2, 0.25) is 11.8 Å². The molecule has 4 atom stereocenters. The van der Waals surface area contributed by atoms with E-state index in [4.69, 9.17) is 4.74 Å². The molecule has 2 fully saturated rings. The number of rotatable bonds is 5. The van der Waals surface area contributed by atoms with Crippen LogP contribution in [0.5, 0.6) is 0 Å². The summed E-state index contributed by atoms with van der Waals surface area (Å²) in [5, 5.41) is 0. The van der Waals surface area contributed by atoms with Crippen LogP contribution in [0, 0.1) is 23.7 Å². The van der Waals surface area contributed by atoms with Gasteiger partial charge < -0.3 is 4.74 Å². The topological polar surface area (TPSA) is 63.7 Å². The SMILES string of the molecule is CC(C)OC(=O)c1ccccc1N1C(=O)[C@@H]2[C@@H](C1=O)[C@H]1C=C[C@H]2C1=C(c1ccccc1)c1ccccc1. The van der Waals surface area contributed by atoms with E-state index in [1.54, 1.807) is 38.1 Å². The van der Waals surface area contributed by atoms with E-state index >= 15 is 0 Å². The predicted octanol–water partition coefficient (Wildman–Crippen LogP) is 5.68. The van der Waals surface area contributed by atoms with Gasteiger partial charge >= 0.3 is 5.97 Å². The van der Waals surface area contributed by atoms with Crippen molar-refractivity contribution in [2.45, 2.75) is 20.0 Å². The smallest absolute Gasteiger partial charge is 0.340 e. The number of allylic oxidation sites excluding steroid dienone is 3. The fourth-order valence-electron chi connectivity index (χ4n) is 6.16. The summed E-state index contributed by atoms with van der Waals surface area (Å²) < 4.78 is 5.39. The van der Waals surface area contributed by atoms with Crippen molar-refractivity contribution in [1.29, 1.82) is 0 Å². The fourth-order valence-corrected chi connectivity index (χ4v) is 6.16. The average Bonchev–Trinajstić information content (AvgIpc) is 3.54. The van der Waals surface area contributed by atoms with Gasteiger partial charge in [-0.3, -0.25) is 9.59 Å². The number of hydrogen-bond acceptors (Lipinski definition) is 4. The number of imide groups is 1. The van der Waals surface area contributed by atoms with E-state index in [1.165, 1.54) is 4.90 Å². The molecule has 37 heavy (non-hydrogen) atoms. The van der Waals surface area contributed by atoms with Crippen molar-refractivity contribution in [1.82, 2.24) is 0 Å². The molecule has 2 bridgehead atoms. The molecule has 5 heteroatoms. The lowest BCUT2D eigenvalue weighted by Gasteiger charge is -2.23. The van der Waals surface area contributed by atoms with E-state index < -0.39 is 17.8 Å². The Kier molecular flexibility index (Phi) is 5.64. The van der Waals surface area contributed by atoms with Crippen molar-refractivity contribution in [2.75, 3.05) is 4.90 Å². The van der Waals surface area contributed by atoms with Gasteiger partial charge in [0.05, 0.1) is 29.2 Å². The number of hydrogen-bond donors (Lipinski definition) is 0. The second-order valence-electron chi connectivity index (χ2n) is 10.0. The molecule has 1 saturated heterocycles. The van der Waals surface area contributed by atoms with Gasteiger partial charge in [-0.1, -0.05) is 84.9 Å². The molecule has 1 saturated carbocycles. The number of amides is 2. The molecule has 0 N–H and O–H groups in total. The molecule has 2 aliphatic carbocycles. The second-order valence-corrected chi connectivity index (χ2v) is 10.0. The largest absolute Gasteiger partial charge is 0.459 e. The Bertz CT molecular complexity index is 1380. The third-order valence-electron chi connectivity index (χ3n) is 7.54. The standard InChI is InChI=1S/C32H27NO4/c1-19(2)37-32(36)22-15-9-10-16-25(22)33-30(34)28-23-17-18-24(29(28)31(33)35)27(23)26(20-11-5-3-6-12-20)21-13-7-4-8-14-21/h3-19,23-24,28-29H,1-2H3/t23-,24-,28-,29-/m0/s1. The lowest BCUT2D eigenvalue weighted by atomic mass is 9.85. The monoisotopic (exact) mass is 489 g/mol. The molecule has 3 aromatic rings. The van der Waals surface area contributed by atoms with Crippen LogP contribution in [0.3, 0.4) is 0 Å². The minimum atomic E-state index is -0.541. The number of esters is 1. The van der Waals surface area contributed by atoms with Gasteiger partial charge in [-0.15, -0.1) is 0 Å². The summed E-state index contributed by atoms with van der Waals surface area (Å²) in [6.07, 6.45) is 3.86. The first-order chi connectivity index (χ1) is 18.0. The number of benzene rings is 3. The van der Waals surface area contributed by atoms with Crippen LogP contribution < -0.4 is 4.90 Å². The summed E-state index contributed by atoms with van der Waals surface area (Å²) >= 11 is 0. The summed E-state index contributed by atoms with van der Waals surface area (Å²) in [4.78, 5) is 41.9. The molecule has 1 heterocycles. The van der Waals surface area contributed by atoms with Crippen molar-refractivity contribution in [3.8, 4) is 0 Å². The minimum absolute atomic E-state index is 0.179. The molecule has 1 aliphatic heterocycles. The number of carbonyl (C=O) groups is 3. The maximum atomic E-state index is 13.9. The van der Waals surface area contributed by atoms with Gasteiger partial charge in [0, 0.05) is 11.8 Å². The highest BCUT2D eigenvalue weighted by atomic mass is 16.5. The Morgan fingerprint density at radius 2 is 1.22 bits per heavy atom. The van der Waals surface area contributed by atoms with Gasteiger partial charge in [0.1, 0.15) is 0 Å². The van der Waals surface area contributed by atoms with Gasteiger partial charge in [-0.2, -0.15) is 0 Å². The Balaban J connectivity index is 1.44. The quantitative estimate of drug-likeness (QED) is 0.263. The number of para-hydroxylation sites is 1. The van der Waals surface area contributed by atoms with Crippen molar-refractivity contribution in [3.05, 3.63) is 119 Å². The summed E-state index contributed by atoms with van der Waals surface area (Å²) in [7, 11) is 0. The summed E-state index contributed by atoms with van der Waals surface area (Å²) in [5.74, 6) is -2.39. The zero-order valence-corrected chi connectivity index (χ0v) is 20.7. The van der Waals surface area contributed by atoms with Crippen LogP contribution in [0.4, 0.5) is 5.69 Å². The molecule has 184 valence electrons. The number of anilines is 1. The Labute approximate surface area is 216 Å². The van der Waals surface area contributed by atoms with Crippen molar-refractivity contribution in [2.24, 2.45) is 23.7 Å². The number of fused-ring (bicyclic) bond motifs is 5. The summed E-state index contributed by atoms with van der Waals surface area (Å²) in [6.45, 7) is 3.54. The molecule has 0 aromatic heterocycles. The van der Waals surface area contributed by atoms with Crippen molar-refractivity contribution in [3.63, 3.8) is 0 Å². The van der Waals surface area contributed by atoms with E-state index in [0.29, 0.717) is 5.69 Å². The lowest BCUT2D eigenvalue weighted by molar-refractivity contribution is -0.122. The fraction of sp³-hybridized carbons (Fsp3) is 0.219. The summed E-state index contributed by atoms with van der Waals surface area (Å²) in [5.41, 5.74) is 4.88. The Morgan fingerprint density at radius 3 is 1.73 bits per heavy atom. The molecule has 2 amide bonds. The van der Waals surface area contributed by atoms with E-state index in [0.717, 1.165) is 22.3 Å². The molecule has 3 aromatic carbocycles. The zero-order chi connectivity index (χ0) is 25.7. The zero-order valence-electron chi connectivity index (χ0n) is 20.7. The highest BCUT2D eigenvalue weighted by molar-refractivity contribution is 6.25. The average molecular weight is 490 g/mol. The number of carbonyl (C=O) groups excluding carboxylic acids is 3. The van der Waals surface area contributed by atoms with Crippen molar-refractivity contribution < 1.29 is 19.1 Å². The molecule has 5 nitrogen and oxygen atoms in total. The molecule has 3 aliphatic rings. The minimum Gasteiger partial charge on any atom is -0.459 e. The van der Waals surface area contributed by atoms with Crippen LogP contribution in [0.2, 0.25) is 0 Å². The maximum absolute atomic E-state index is 13.9. The van der Waals surface area contributed by atoms with Gasteiger partial charge in [-0.25, -0.2) is 9.69 Å². The first-order valence-corrected chi connectivity index (χ1v) is 12.7. The molecule has 0 radical (unpaired) electrons. The highest BCUT2D eigenvalue weighted by Gasteiger charge is 2.62. The van der Waals surface area contributed by atoms with E-state index in [2.05, 4.69) is 36.4 Å². The van der Waals surface area contributed by atoms with E-state index in [1.807, 2.05) is 36.4 Å². The van der Waals surface area contributed by atoms with Gasteiger partial charge in [-0.05, 0) is 48.3 Å². The molecule has 6 rings (SSSR count). The summed E-state index contributed by atoms with van der Waals surface area (Å²) in [6, 6.07) is 27.0. The van der Waals surface area contributed by atoms with E-state index in [9.17, 15) is 14.4 Å². The lowest BCUT2D eigenvalue weighted by Crippen LogP contribution is -2.34. The molecular weight excluding hydrogens is 462 g/mol.